The molecule has 0 atom stereocenters. The molecule has 0 aromatic heterocycles. The van der Waals surface area contributed by atoms with Crippen molar-refractivity contribution in [3.63, 3.8) is 0 Å². The third-order valence-corrected chi connectivity index (χ3v) is 3.89. The highest BCUT2D eigenvalue weighted by molar-refractivity contribution is 6.04. The number of ketones is 1. The first-order valence-electron chi connectivity index (χ1n) is 7.97. The summed E-state index contributed by atoms with van der Waals surface area (Å²) in [7, 11) is 0. The van der Waals surface area contributed by atoms with Gasteiger partial charge in [-0.05, 0) is 31.2 Å². The lowest BCUT2D eigenvalue weighted by Gasteiger charge is -2.21. The SMILES string of the molecule is CC(=O)c1cccc(NC(=O)CN2C(=O)CCOc3ccccc32)c1. The zero-order valence-electron chi connectivity index (χ0n) is 13.8. The molecule has 0 bridgehead atoms. The zero-order chi connectivity index (χ0) is 17.8. The van der Waals surface area contributed by atoms with Crippen molar-refractivity contribution in [2.24, 2.45) is 0 Å². The Kier molecular flexibility index (Phi) is 4.79. The first-order chi connectivity index (χ1) is 12.0. The fourth-order valence-corrected chi connectivity index (χ4v) is 2.65. The van der Waals surface area contributed by atoms with E-state index in [0.717, 1.165) is 0 Å². The smallest absolute Gasteiger partial charge is 0.244 e. The first-order valence-corrected chi connectivity index (χ1v) is 7.97. The summed E-state index contributed by atoms with van der Waals surface area (Å²) in [5.41, 5.74) is 1.62. The number of ether oxygens (including phenoxy) is 1. The number of carbonyl (C=O) groups is 3. The van der Waals surface area contributed by atoms with Crippen molar-refractivity contribution in [2.75, 3.05) is 23.4 Å². The number of rotatable bonds is 4. The van der Waals surface area contributed by atoms with Crippen LogP contribution in [0.1, 0.15) is 23.7 Å². The molecule has 6 nitrogen and oxygen atoms in total. The summed E-state index contributed by atoms with van der Waals surface area (Å²) < 4.78 is 5.56. The third kappa shape index (κ3) is 3.85. The predicted octanol–water partition coefficient (Wildman–Crippen LogP) is 2.64. The van der Waals surface area contributed by atoms with Gasteiger partial charge in [0.1, 0.15) is 12.3 Å². The standard InChI is InChI=1S/C19H18N2O4/c1-13(22)14-5-4-6-15(11-14)20-18(23)12-21-16-7-2-3-8-17(16)25-10-9-19(21)24/h2-8,11H,9-10,12H2,1H3,(H,20,23). The van der Waals surface area contributed by atoms with Crippen LogP contribution in [0, 0.1) is 0 Å². The van der Waals surface area contributed by atoms with Crippen LogP contribution in [0.2, 0.25) is 0 Å². The molecule has 2 amide bonds. The van der Waals surface area contributed by atoms with Gasteiger partial charge in [0, 0.05) is 11.3 Å². The van der Waals surface area contributed by atoms with Crippen LogP contribution < -0.4 is 15.0 Å². The molecule has 1 N–H and O–H groups in total. The van der Waals surface area contributed by atoms with Crippen LogP contribution in [0.15, 0.2) is 48.5 Å². The summed E-state index contributed by atoms with van der Waals surface area (Å²) in [6.07, 6.45) is 0.210. The maximum atomic E-state index is 12.4. The van der Waals surface area contributed by atoms with Crippen LogP contribution in [0.4, 0.5) is 11.4 Å². The van der Waals surface area contributed by atoms with E-state index >= 15 is 0 Å². The van der Waals surface area contributed by atoms with Gasteiger partial charge in [-0.15, -0.1) is 0 Å². The Balaban J connectivity index is 1.77. The molecule has 128 valence electrons. The number of nitrogens with zero attached hydrogens (tertiary/aromatic N) is 1. The lowest BCUT2D eigenvalue weighted by Crippen LogP contribution is -2.37. The second-order valence-corrected chi connectivity index (χ2v) is 5.73. The zero-order valence-corrected chi connectivity index (χ0v) is 13.8. The van der Waals surface area contributed by atoms with Crippen molar-refractivity contribution >= 4 is 29.0 Å². The van der Waals surface area contributed by atoms with Crippen molar-refractivity contribution < 1.29 is 19.1 Å². The number of anilines is 2. The van der Waals surface area contributed by atoms with Crippen molar-refractivity contribution in [2.45, 2.75) is 13.3 Å². The van der Waals surface area contributed by atoms with Gasteiger partial charge in [0.05, 0.1) is 18.7 Å². The van der Waals surface area contributed by atoms with E-state index in [1.165, 1.54) is 11.8 Å². The van der Waals surface area contributed by atoms with Crippen LogP contribution in [0.5, 0.6) is 5.75 Å². The molecular weight excluding hydrogens is 320 g/mol. The highest BCUT2D eigenvalue weighted by atomic mass is 16.5. The van der Waals surface area contributed by atoms with E-state index < -0.39 is 0 Å². The molecule has 25 heavy (non-hydrogen) atoms. The van der Waals surface area contributed by atoms with Crippen molar-refractivity contribution in [3.05, 3.63) is 54.1 Å². The van der Waals surface area contributed by atoms with Crippen molar-refractivity contribution in [1.29, 1.82) is 0 Å². The normalized spacial score (nSPS) is 13.5. The lowest BCUT2D eigenvalue weighted by molar-refractivity contribution is -0.121. The Bertz CT molecular complexity index is 832. The Morgan fingerprint density at radius 3 is 2.76 bits per heavy atom. The van der Waals surface area contributed by atoms with E-state index in [2.05, 4.69) is 5.32 Å². The van der Waals surface area contributed by atoms with Gasteiger partial charge in [0.15, 0.2) is 5.78 Å². The highest BCUT2D eigenvalue weighted by Crippen LogP contribution is 2.30. The Morgan fingerprint density at radius 2 is 1.96 bits per heavy atom. The van der Waals surface area contributed by atoms with Gasteiger partial charge in [-0.1, -0.05) is 24.3 Å². The van der Waals surface area contributed by atoms with Gasteiger partial charge < -0.3 is 10.1 Å². The highest BCUT2D eigenvalue weighted by Gasteiger charge is 2.25. The van der Waals surface area contributed by atoms with Gasteiger partial charge in [-0.3, -0.25) is 19.3 Å². The number of hydrogen-bond acceptors (Lipinski definition) is 4. The number of amides is 2. The second-order valence-electron chi connectivity index (χ2n) is 5.73. The molecule has 0 unspecified atom stereocenters. The van der Waals surface area contributed by atoms with Crippen LogP contribution in [-0.4, -0.2) is 30.7 Å². The first kappa shape index (κ1) is 16.7. The van der Waals surface area contributed by atoms with Crippen molar-refractivity contribution in [3.8, 4) is 5.75 Å². The lowest BCUT2D eigenvalue weighted by atomic mass is 10.1. The van der Waals surface area contributed by atoms with Crippen LogP contribution in [0.25, 0.3) is 0 Å². The molecule has 1 aliphatic heterocycles. The molecule has 6 heteroatoms. The summed E-state index contributed by atoms with van der Waals surface area (Å²) in [6.45, 7) is 1.63. The Morgan fingerprint density at radius 1 is 1.16 bits per heavy atom. The average Bonchev–Trinajstić information content (AvgIpc) is 2.75. The van der Waals surface area contributed by atoms with Gasteiger partial charge >= 0.3 is 0 Å². The molecule has 0 saturated carbocycles. The minimum absolute atomic E-state index is 0.0788. The van der Waals surface area contributed by atoms with E-state index in [-0.39, 0.29) is 37.2 Å². The minimum atomic E-state index is -0.342. The Hall–Kier alpha value is -3.15. The predicted molar refractivity (Wildman–Crippen MR) is 94.0 cm³/mol. The maximum Gasteiger partial charge on any atom is 0.244 e. The van der Waals surface area contributed by atoms with Gasteiger partial charge in [0.2, 0.25) is 11.8 Å². The summed E-state index contributed by atoms with van der Waals surface area (Å²) in [4.78, 5) is 37.6. The van der Waals surface area contributed by atoms with E-state index in [0.29, 0.717) is 22.7 Å². The molecule has 1 heterocycles. The van der Waals surface area contributed by atoms with Gasteiger partial charge in [-0.2, -0.15) is 0 Å². The number of fused-ring (bicyclic) bond motifs is 1. The number of para-hydroxylation sites is 2. The molecule has 0 fully saturated rings. The summed E-state index contributed by atoms with van der Waals surface area (Å²) in [5, 5.41) is 2.73. The van der Waals surface area contributed by atoms with E-state index in [4.69, 9.17) is 4.74 Å². The van der Waals surface area contributed by atoms with E-state index in [1.807, 2.05) is 6.07 Å². The largest absolute Gasteiger partial charge is 0.491 e. The number of hydrogen-bond donors (Lipinski definition) is 1. The van der Waals surface area contributed by atoms with E-state index in [9.17, 15) is 14.4 Å². The molecule has 1 aliphatic rings. The second kappa shape index (κ2) is 7.17. The fourth-order valence-electron chi connectivity index (χ4n) is 2.65. The molecule has 0 aliphatic carbocycles. The van der Waals surface area contributed by atoms with Crippen molar-refractivity contribution in [1.82, 2.24) is 0 Å². The van der Waals surface area contributed by atoms with Gasteiger partial charge in [-0.25, -0.2) is 0 Å². The molecule has 0 saturated heterocycles. The van der Waals surface area contributed by atoms with Gasteiger partial charge in [0.25, 0.3) is 0 Å². The third-order valence-electron chi connectivity index (χ3n) is 3.89. The molecule has 3 rings (SSSR count). The van der Waals surface area contributed by atoms with Crippen LogP contribution in [-0.2, 0) is 9.59 Å². The average molecular weight is 338 g/mol. The topological polar surface area (TPSA) is 75.7 Å². The van der Waals surface area contributed by atoms with E-state index in [1.54, 1.807) is 42.5 Å². The molecule has 2 aromatic rings. The number of Topliss-reactive ketones (excluding diaryl/α,β-unsaturated/α-hetero) is 1. The Labute approximate surface area is 145 Å². The quantitative estimate of drug-likeness (QED) is 0.870. The summed E-state index contributed by atoms with van der Waals surface area (Å²) in [5.74, 6) is -0.00654. The van der Waals surface area contributed by atoms with Crippen LogP contribution >= 0.6 is 0 Å². The number of carbonyl (C=O) groups excluding carboxylic acids is 3. The number of nitrogens with one attached hydrogen (secondary N) is 1. The molecule has 2 aromatic carbocycles. The summed E-state index contributed by atoms with van der Waals surface area (Å²) in [6, 6.07) is 13.8. The molecule has 0 spiro atoms. The molecule has 0 radical (unpaired) electrons. The summed E-state index contributed by atoms with van der Waals surface area (Å²) >= 11 is 0. The monoisotopic (exact) mass is 338 g/mol. The number of benzene rings is 2. The minimum Gasteiger partial charge on any atom is -0.491 e. The fraction of sp³-hybridized carbons (Fsp3) is 0.211. The van der Waals surface area contributed by atoms with Crippen LogP contribution in [0.3, 0.4) is 0 Å². The molecular formula is C19H18N2O4. The maximum absolute atomic E-state index is 12.4.